The molecular weight excluding hydrogens is 404 g/mol. The summed E-state index contributed by atoms with van der Waals surface area (Å²) < 4.78 is 27.9. The Balaban J connectivity index is 1.59. The Kier molecular flexibility index (Phi) is 6.28. The van der Waals surface area contributed by atoms with Crippen LogP contribution in [0.2, 0.25) is 0 Å². The average molecular weight is 435 g/mol. The van der Waals surface area contributed by atoms with Gasteiger partial charge in [0.1, 0.15) is 0 Å². The molecule has 0 saturated carbocycles. The van der Waals surface area contributed by atoms with E-state index in [0.717, 1.165) is 5.56 Å². The molecule has 1 saturated heterocycles. The maximum Gasteiger partial charge on any atom is 0.243 e. The van der Waals surface area contributed by atoms with Crippen LogP contribution >= 0.6 is 0 Å². The highest BCUT2D eigenvalue weighted by molar-refractivity contribution is 7.89. The van der Waals surface area contributed by atoms with E-state index in [-0.39, 0.29) is 6.04 Å². The highest BCUT2D eigenvalue weighted by Crippen LogP contribution is 2.32. The number of hydrogen-bond acceptors (Lipinski definition) is 3. The van der Waals surface area contributed by atoms with E-state index < -0.39 is 10.0 Å². The van der Waals surface area contributed by atoms with Gasteiger partial charge in [-0.05, 0) is 49.6 Å². The fourth-order valence-corrected chi connectivity index (χ4v) is 5.71. The van der Waals surface area contributed by atoms with Gasteiger partial charge in [0.25, 0.3) is 0 Å². The lowest BCUT2D eigenvalue weighted by atomic mass is 9.92. The Bertz CT molecular complexity index is 1130. The van der Waals surface area contributed by atoms with Crippen LogP contribution in [0.25, 0.3) is 0 Å². The molecular formula is C26H30N2O2S. The molecule has 0 bridgehead atoms. The third-order valence-corrected chi connectivity index (χ3v) is 8.09. The van der Waals surface area contributed by atoms with Gasteiger partial charge < -0.3 is 0 Å². The largest absolute Gasteiger partial charge is 0.290 e. The van der Waals surface area contributed by atoms with Gasteiger partial charge in [-0.15, -0.1) is 0 Å². The van der Waals surface area contributed by atoms with Gasteiger partial charge in [0.2, 0.25) is 10.0 Å². The minimum absolute atomic E-state index is 0.117. The third kappa shape index (κ3) is 4.59. The molecule has 0 N–H and O–H groups in total. The Morgan fingerprint density at radius 1 is 0.710 bits per heavy atom. The number of nitrogens with zero attached hydrogens (tertiary/aromatic N) is 2. The highest BCUT2D eigenvalue weighted by Gasteiger charge is 2.32. The first-order chi connectivity index (χ1) is 14.9. The molecule has 1 fully saturated rings. The van der Waals surface area contributed by atoms with Crippen molar-refractivity contribution in [3.05, 3.63) is 101 Å². The summed E-state index contributed by atoms with van der Waals surface area (Å²) in [5, 5.41) is 0. The van der Waals surface area contributed by atoms with Gasteiger partial charge in [-0.2, -0.15) is 4.31 Å². The van der Waals surface area contributed by atoms with E-state index in [0.29, 0.717) is 31.1 Å². The summed E-state index contributed by atoms with van der Waals surface area (Å²) in [4.78, 5) is 2.79. The Morgan fingerprint density at radius 2 is 1.26 bits per heavy atom. The average Bonchev–Trinajstić information content (AvgIpc) is 2.77. The van der Waals surface area contributed by atoms with Gasteiger partial charge in [-0.1, -0.05) is 71.8 Å². The fraction of sp³-hybridized carbons (Fsp3) is 0.308. The summed E-state index contributed by atoms with van der Waals surface area (Å²) in [5.74, 6) is 0. The SMILES string of the molecule is Cc1ccc([C@H](c2ccccc2C)N2CCN(S(=O)(=O)c3ccc(C)cc3)CC2)cc1. The fourth-order valence-electron chi connectivity index (χ4n) is 4.29. The molecule has 0 radical (unpaired) electrons. The quantitative estimate of drug-likeness (QED) is 0.584. The Morgan fingerprint density at radius 3 is 1.84 bits per heavy atom. The van der Waals surface area contributed by atoms with Gasteiger partial charge >= 0.3 is 0 Å². The van der Waals surface area contributed by atoms with Crippen molar-refractivity contribution in [1.29, 1.82) is 0 Å². The maximum absolute atomic E-state index is 13.1. The molecule has 1 heterocycles. The summed E-state index contributed by atoms with van der Waals surface area (Å²) >= 11 is 0. The summed E-state index contributed by atoms with van der Waals surface area (Å²) in [6.45, 7) is 8.58. The van der Waals surface area contributed by atoms with Crippen molar-refractivity contribution in [2.24, 2.45) is 0 Å². The van der Waals surface area contributed by atoms with Crippen molar-refractivity contribution in [1.82, 2.24) is 9.21 Å². The normalized spacial score (nSPS) is 16.9. The van der Waals surface area contributed by atoms with Crippen LogP contribution in [-0.2, 0) is 10.0 Å². The molecule has 0 spiro atoms. The van der Waals surface area contributed by atoms with Crippen molar-refractivity contribution in [3.63, 3.8) is 0 Å². The Hall–Kier alpha value is -2.47. The number of aryl methyl sites for hydroxylation is 3. The lowest BCUT2D eigenvalue weighted by Gasteiger charge is -2.39. The number of benzene rings is 3. The van der Waals surface area contributed by atoms with Crippen LogP contribution in [0.15, 0.2) is 77.7 Å². The molecule has 0 amide bonds. The van der Waals surface area contributed by atoms with Gasteiger partial charge in [0, 0.05) is 26.2 Å². The van der Waals surface area contributed by atoms with Crippen molar-refractivity contribution in [3.8, 4) is 0 Å². The minimum Gasteiger partial charge on any atom is -0.290 e. The van der Waals surface area contributed by atoms with E-state index in [1.807, 2.05) is 19.1 Å². The number of sulfonamides is 1. The second-order valence-corrected chi connectivity index (χ2v) is 10.4. The zero-order valence-corrected chi connectivity index (χ0v) is 19.3. The highest BCUT2D eigenvalue weighted by atomic mass is 32.2. The molecule has 162 valence electrons. The van der Waals surface area contributed by atoms with Crippen molar-refractivity contribution in [2.45, 2.75) is 31.7 Å². The van der Waals surface area contributed by atoms with Crippen LogP contribution in [0.4, 0.5) is 0 Å². The van der Waals surface area contributed by atoms with E-state index in [1.165, 1.54) is 22.3 Å². The topological polar surface area (TPSA) is 40.6 Å². The van der Waals surface area contributed by atoms with Crippen LogP contribution in [0.5, 0.6) is 0 Å². The van der Waals surface area contributed by atoms with Crippen LogP contribution < -0.4 is 0 Å². The Labute approximate surface area is 186 Å². The first kappa shape index (κ1) is 21.8. The van der Waals surface area contributed by atoms with Crippen molar-refractivity contribution < 1.29 is 8.42 Å². The van der Waals surface area contributed by atoms with E-state index in [9.17, 15) is 8.42 Å². The van der Waals surface area contributed by atoms with Crippen LogP contribution in [0, 0.1) is 20.8 Å². The first-order valence-electron chi connectivity index (χ1n) is 10.8. The third-order valence-electron chi connectivity index (χ3n) is 6.17. The zero-order valence-electron chi connectivity index (χ0n) is 18.5. The first-order valence-corrected chi connectivity index (χ1v) is 12.2. The molecule has 0 aliphatic carbocycles. The summed E-state index contributed by atoms with van der Waals surface area (Å²) in [6, 6.07) is 24.4. The molecule has 1 aliphatic heterocycles. The van der Waals surface area contributed by atoms with E-state index in [1.54, 1.807) is 16.4 Å². The summed E-state index contributed by atoms with van der Waals surface area (Å²) in [5.41, 5.74) is 6.07. The smallest absolute Gasteiger partial charge is 0.243 e. The molecule has 4 rings (SSSR count). The molecule has 0 aromatic heterocycles. The summed E-state index contributed by atoms with van der Waals surface area (Å²) in [7, 11) is -3.46. The van der Waals surface area contributed by atoms with Crippen LogP contribution in [-0.4, -0.2) is 43.8 Å². The van der Waals surface area contributed by atoms with Gasteiger partial charge in [-0.3, -0.25) is 4.90 Å². The van der Waals surface area contributed by atoms with E-state index in [4.69, 9.17) is 0 Å². The molecule has 0 unspecified atom stereocenters. The van der Waals surface area contributed by atoms with Crippen LogP contribution in [0.1, 0.15) is 33.9 Å². The standard InChI is InChI=1S/C26H30N2O2S/c1-20-8-12-23(13-9-20)26(25-7-5-4-6-22(25)3)27-16-18-28(19-17-27)31(29,30)24-14-10-21(2)11-15-24/h4-15,26H,16-19H2,1-3H3/t26-/m1/s1. The van der Waals surface area contributed by atoms with Crippen molar-refractivity contribution >= 4 is 10.0 Å². The predicted molar refractivity (Wildman–Crippen MR) is 126 cm³/mol. The van der Waals surface area contributed by atoms with E-state index in [2.05, 4.69) is 67.3 Å². The molecule has 31 heavy (non-hydrogen) atoms. The molecule has 1 aliphatic rings. The summed E-state index contributed by atoms with van der Waals surface area (Å²) in [6.07, 6.45) is 0. The second kappa shape index (κ2) is 8.95. The number of rotatable bonds is 5. The molecule has 1 atom stereocenters. The minimum atomic E-state index is -3.46. The van der Waals surface area contributed by atoms with Gasteiger partial charge in [0.15, 0.2) is 0 Å². The lowest BCUT2D eigenvalue weighted by molar-refractivity contribution is 0.155. The van der Waals surface area contributed by atoms with Gasteiger partial charge in [0.05, 0.1) is 10.9 Å². The van der Waals surface area contributed by atoms with Crippen molar-refractivity contribution in [2.75, 3.05) is 26.2 Å². The number of piperazine rings is 1. The van der Waals surface area contributed by atoms with Crippen LogP contribution in [0.3, 0.4) is 0 Å². The molecule has 5 heteroatoms. The number of hydrogen-bond donors (Lipinski definition) is 0. The maximum atomic E-state index is 13.1. The molecule has 3 aromatic carbocycles. The van der Waals surface area contributed by atoms with E-state index >= 15 is 0 Å². The predicted octanol–water partition coefficient (Wildman–Crippen LogP) is 4.71. The molecule has 3 aromatic rings. The monoisotopic (exact) mass is 434 g/mol. The zero-order chi connectivity index (χ0) is 22.0. The van der Waals surface area contributed by atoms with Gasteiger partial charge in [-0.25, -0.2) is 8.42 Å². The molecule has 4 nitrogen and oxygen atoms in total. The second-order valence-electron chi connectivity index (χ2n) is 8.42. The lowest BCUT2D eigenvalue weighted by Crippen LogP contribution is -2.49.